The first-order valence-electron chi connectivity index (χ1n) is 5.90. The molecule has 0 aliphatic carbocycles. The van der Waals surface area contributed by atoms with Gasteiger partial charge in [-0.15, -0.1) is 0 Å². The fraction of sp³-hybridized carbons (Fsp3) is 0.500. The lowest BCUT2D eigenvalue weighted by Gasteiger charge is -2.20. The Morgan fingerprint density at radius 2 is 2.16 bits per heavy atom. The maximum atomic E-state index is 13.5. The molecule has 0 aromatic heterocycles. The molecule has 0 spiro atoms. The van der Waals surface area contributed by atoms with Crippen LogP contribution in [0.3, 0.4) is 0 Å². The van der Waals surface area contributed by atoms with Crippen molar-refractivity contribution in [2.75, 3.05) is 26.8 Å². The Balaban J connectivity index is 2.22. The Hall–Kier alpha value is -1.05. The van der Waals surface area contributed by atoms with Crippen LogP contribution in [-0.2, 0) is 14.8 Å². The van der Waals surface area contributed by atoms with Gasteiger partial charge in [-0.1, -0.05) is 0 Å². The molecule has 1 saturated heterocycles. The van der Waals surface area contributed by atoms with Crippen molar-refractivity contribution < 1.29 is 21.9 Å². The molecule has 1 aliphatic rings. The number of hydrogen-bond acceptors (Lipinski definition) is 3. The van der Waals surface area contributed by atoms with Crippen LogP contribution in [0.4, 0.5) is 8.78 Å². The van der Waals surface area contributed by atoms with Gasteiger partial charge >= 0.3 is 0 Å². The zero-order valence-electron chi connectivity index (χ0n) is 10.5. The molecule has 1 aromatic rings. The van der Waals surface area contributed by atoms with Gasteiger partial charge in [-0.2, -0.15) is 0 Å². The number of hydrogen-bond donors (Lipinski definition) is 0. The average molecular weight is 291 g/mol. The fourth-order valence-corrected chi connectivity index (χ4v) is 3.35. The molecule has 0 unspecified atom stereocenters. The van der Waals surface area contributed by atoms with E-state index >= 15 is 0 Å². The summed E-state index contributed by atoms with van der Waals surface area (Å²) >= 11 is 0. The van der Waals surface area contributed by atoms with Crippen molar-refractivity contribution in [3.8, 4) is 0 Å². The van der Waals surface area contributed by atoms with Crippen LogP contribution in [0.2, 0.25) is 0 Å². The molecule has 1 atom stereocenters. The molecular formula is C12H15F2NO3S. The maximum absolute atomic E-state index is 13.5. The minimum atomic E-state index is -4.02. The van der Waals surface area contributed by atoms with E-state index in [1.54, 1.807) is 0 Å². The molecule has 0 N–H and O–H groups in total. The van der Waals surface area contributed by atoms with Crippen LogP contribution in [0.1, 0.15) is 6.42 Å². The summed E-state index contributed by atoms with van der Waals surface area (Å²) in [5.41, 5.74) is 0. The van der Waals surface area contributed by atoms with Crippen molar-refractivity contribution in [2.45, 2.75) is 11.3 Å². The van der Waals surface area contributed by atoms with Crippen LogP contribution in [0.25, 0.3) is 0 Å². The molecule has 7 heteroatoms. The van der Waals surface area contributed by atoms with Crippen molar-refractivity contribution >= 4 is 10.0 Å². The number of nitrogens with zero attached hydrogens (tertiary/aromatic N) is 1. The molecular weight excluding hydrogens is 276 g/mol. The zero-order chi connectivity index (χ0) is 14.0. The molecule has 106 valence electrons. The normalized spacial score (nSPS) is 20.1. The quantitative estimate of drug-likeness (QED) is 0.847. The van der Waals surface area contributed by atoms with Gasteiger partial charge in [0.2, 0.25) is 10.0 Å². The highest BCUT2D eigenvalue weighted by molar-refractivity contribution is 7.89. The van der Waals surface area contributed by atoms with Crippen molar-refractivity contribution in [1.82, 2.24) is 4.31 Å². The molecule has 1 aliphatic heterocycles. The van der Waals surface area contributed by atoms with Gasteiger partial charge in [-0.05, 0) is 30.5 Å². The Morgan fingerprint density at radius 1 is 1.42 bits per heavy atom. The Bertz CT molecular complexity index is 556. The molecule has 19 heavy (non-hydrogen) atoms. The topological polar surface area (TPSA) is 46.6 Å². The first kappa shape index (κ1) is 14.4. The molecule has 0 bridgehead atoms. The van der Waals surface area contributed by atoms with Crippen molar-refractivity contribution in [2.24, 2.45) is 5.92 Å². The van der Waals surface area contributed by atoms with Gasteiger partial charge in [0.05, 0.1) is 6.61 Å². The minimum Gasteiger partial charge on any atom is -0.381 e. The SMILES string of the molecule is CN(C[C@H]1CCOC1)S(=O)(=O)c1cc(F)ccc1F. The number of benzene rings is 1. The molecule has 0 radical (unpaired) electrons. The third-order valence-corrected chi connectivity index (χ3v) is 4.96. The van der Waals surface area contributed by atoms with Gasteiger partial charge in [0.1, 0.15) is 16.5 Å². The van der Waals surface area contributed by atoms with E-state index < -0.39 is 26.6 Å². The first-order valence-corrected chi connectivity index (χ1v) is 7.34. The smallest absolute Gasteiger partial charge is 0.245 e. The van der Waals surface area contributed by atoms with E-state index in [1.165, 1.54) is 7.05 Å². The van der Waals surface area contributed by atoms with Gasteiger partial charge in [-0.25, -0.2) is 21.5 Å². The van der Waals surface area contributed by atoms with E-state index in [1.807, 2.05) is 0 Å². The second kappa shape index (κ2) is 5.52. The van der Waals surface area contributed by atoms with Crippen LogP contribution in [0.5, 0.6) is 0 Å². The summed E-state index contributed by atoms with van der Waals surface area (Å²) in [6, 6.07) is 2.40. The number of sulfonamides is 1. The van der Waals surface area contributed by atoms with E-state index in [4.69, 9.17) is 4.74 Å². The molecule has 4 nitrogen and oxygen atoms in total. The van der Waals surface area contributed by atoms with Gasteiger partial charge in [0.15, 0.2) is 0 Å². The second-order valence-corrected chi connectivity index (χ2v) is 6.60. The predicted molar refractivity (Wildman–Crippen MR) is 65.1 cm³/mol. The fourth-order valence-electron chi connectivity index (χ4n) is 2.03. The number of halogens is 2. The van der Waals surface area contributed by atoms with Crippen LogP contribution in [0, 0.1) is 17.6 Å². The highest BCUT2D eigenvalue weighted by atomic mass is 32.2. The highest BCUT2D eigenvalue weighted by Crippen LogP contribution is 2.22. The molecule has 2 rings (SSSR count). The Labute approximate surface area is 111 Å². The summed E-state index contributed by atoms with van der Waals surface area (Å²) < 4.78 is 57.2. The van der Waals surface area contributed by atoms with E-state index in [-0.39, 0.29) is 12.5 Å². The third kappa shape index (κ3) is 3.10. The minimum absolute atomic E-state index is 0.0939. The van der Waals surface area contributed by atoms with E-state index in [0.29, 0.717) is 19.3 Å². The standard InChI is InChI=1S/C12H15F2NO3S/c1-15(7-9-4-5-18-8-9)19(16,17)12-6-10(13)2-3-11(12)14/h2-3,6,9H,4-5,7-8H2,1H3/t9-/m1/s1. The molecule has 0 saturated carbocycles. The summed E-state index contributed by atoms with van der Waals surface area (Å²) in [6.45, 7) is 1.33. The molecule has 1 aromatic carbocycles. The van der Waals surface area contributed by atoms with Crippen LogP contribution in [0.15, 0.2) is 23.1 Å². The molecule has 1 fully saturated rings. The number of rotatable bonds is 4. The summed E-state index contributed by atoms with van der Waals surface area (Å²) in [7, 11) is -2.66. The third-order valence-electron chi connectivity index (χ3n) is 3.12. The summed E-state index contributed by atoms with van der Waals surface area (Å²) in [6.07, 6.45) is 0.769. The molecule has 1 heterocycles. The zero-order valence-corrected chi connectivity index (χ0v) is 11.3. The average Bonchev–Trinajstić information content (AvgIpc) is 2.85. The Morgan fingerprint density at radius 3 is 2.79 bits per heavy atom. The maximum Gasteiger partial charge on any atom is 0.245 e. The van der Waals surface area contributed by atoms with E-state index in [9.17, 15) is 17.2 Å². The van der Waals surface area contributed by atoms with Crippen LogP contribution >= 0.6 is 0 Å². The lowest BCUT2D eigenvalue weighted by atomic mass is 10.1. The van der Waals surface area contributed by atoms with Crippen molar-refractivity contribution in [3.63, 3.8) is 0 Å². The van der Waals surface area contributed by atoms with Gasteiger partial charge < -0.3 is 4.74 Å². The van der Waals surface area contributed by atoms with Crippen LogP contribution < -0.4 is 0 Å². The first-order chi connectivity index (χ1) is 8.91. The van der Waals surface area contributed by atoms with Gasteiger partial charge in [-0.3, -0.25) is 0 Å². The van der Waals surface area contributed by atoms with Gasteiger partial charge in [0.25, 0.3) is 0 Å². The summed E-state index contributed by atoms with van der Waals surface area (Å²) in [5.74, 6) is -1.63. The lowest BCUT2D eigenvalue weighted by Crippen LogP contribution is -2.32. The van der Waals surface area contributed by atoms with Gasteiger partial charge in [0, 0.05) is 20.2 Å². The summed E-state index contributed by atoms with van der Waals surface area (Å²) in [4.78, 5) is -0.631. The second-order valence-electron chi connectivity index (χ2n) is 4.59. The molecule has 0 amide bonds. The lowest BCUT2D eigenvalue weighted by molar-refractivity contribution is 0.182. The van der Waals surface area contributed by atoms with E-state index in [0.717, 1.165) is 22.9 Å². The monoisotopic (exact) mass is 291 g/mol. The highest BCUT2D eigenvalue weighted by Gasteiger charge is 2.28. The van der Waals surface area contributed by atoms with Crippen molar-refractivity contribution in [3.05, 3.63) is 29.8 Å². The van der Waals surface area contributed by atoms with Crippen LogP contribution in [-0.4, -0.2) is 39.5 Å². The predicted octanol–water partition coefficient (Wildman–Crippen LogP) is 1.62. The largest absolute Gasteiger partial charge is 0.381 e. The number of ether oxygens (including phenoxy) is 1. The van der Waals surface area contributed by atoms with Crippen molar-refractivity contribution in [1.29, 1.82) is 0 Å². The summed E-state index contributed by atoms with van der Waals surface area (Å²) in [5, 5.41) is 0. The van der Waals surface area contributed by atoms with E-state index in [2.05, 4.69) is 0 Å². The Kier molecular flexibility index (Phi) is 4.17.